The Hall–Kier alpha value is -1.66. The van der Waals surface area contributed by atoms with Crippen molar-refractivity contribution in [1.82, 2.24) is 9.97 Å². The molecule has 1 aliphatic rings. The highest BCUT2D eigenvalue weighted by Crippen LogP contribution is 2.17. The van der Waals surface area contributed by atoms with Crippen molar-refractivity contribution in [2.24, 2.45) is 0 Å². The highest BCUT2D eigenvalue weighted by Gasteiger charge is 2.17. The van der Waals surface area contributed by atoms with Gasteiger partial charge in [-0.3, -0.25) is 0 Å². The van der Waals surface area contributed by atoms with E-state index in [1.807, 2.05) is 24.3 Å². The van der Waals surface area contributed by atoms with E-state index in [0.29, 0.717) is 19.0 Å². The number of aromatic nitrogens is 2. The molecule has 2 aromatic rings. The summed E-state index contributed by atoms with van der Waals surface area (Å²) >= 11 is 3.37. The number of ether oxygens (including phenoxy) is 2. The topological polar surface area (TPSA) is 56.3 Å². The molecular formula is C15H16BrN3O2. The molecule has 110 valence electrons. The van der Waals surface area contributed by atoms with Crippen LogP contribution >= 0.6 is 15.9 Å². The van der Waals surface area contributed by atoms with Crippen LogP contribution in [0.25, 0.3) is 0 Å². The van der Waals surface area contributed by atoms with Crippen LogP contribution in [0.3, 0.4) is 0 Å². The van der Waals surface area contributed by atoms with Crippen molar-refractivity contribution in [3.05, 3.63) is 46.7 Å². The standard InChI is InChI=1S/C15H16BrN3O2/c16-12-1-2-14(19-9-12)18-8-11-3-5-17-15(7-11)21-13-4-6-20-10-13/h1-3,5,7,9,13H,4,6,8,10H2,(H,18,19). The van der Waals surface area contributed by atoms with Crippen LogP contribution in [0, 0.1) is 0 Å². The molecule has 6 heteroatoms. The number of pyridine rings is 2. The first-order chi connectivity index (χ1) is 10.3. The zero-order valence-corrected chi connectivity index (χ0v) is 13.0. The van der Waals surface area contributed by atoms with Crippen molar-refractivity contribution in [3.63, 3.8) is 0 Å². The second-order valence-electron chi connectivity index (χ2n) is 4.82. The molecule has 0 radical (unpaired) electrons. The average molecular weight is 350 g/mol. The molecule has 5 nitrogen and oxygen atoms in total. The van der Waals surface area contributed by atoms with E-state index >= 15 is 0 Å². The lowest BCUT2D eigenvalue weighted by molar-refractivity contribution is 0.138. The Morgan fingerprint density at radius 2 is 2.29 bits per heavy atom. The number of nitrogens with one attached hydrogen (secondary N) is 1. The summed E-state index contributed by atoms with van der Waals surface area (Å²) in [6, 6.07) is 7.79. The van der Waals surface area contributed by atoms with Gasteiger partial charge in [0.15, 0.2) is 0 Å². The Kier molecular flexibility index (Phi) is 4.67. The molecule has 1 atom stereocenters. The van der Waals surface area contributed by atoms with Crippen molar-refractivity contribution in [2.45, 2.75) is 19.1 Å². The summed E-state index contributed by atoms with van der Waals surface area (Å²) in [5, 5.41) is 3.27. The minimum atomic E-state index is 0.119. The van der Waals surface area contributed by atoms with Gasteiger partial charge in [-0.05, 0) is 39.7 Å². The summed E-state index contributed by atoms with van der Waals surface area (Å²) in [5.41, 5.74) is 1.10. The normalized spacial score (nSPS) is 17.7. The van der Waals surface area contributed by atoms with Gasteiger partial charge in [0.2, 0.25) is 5.88 Å². The number of hydrogen-bond donors (Lipinski definition) is 1. The van der Waals surface area contributed by atoms with E-state index < -0.39 is 0 Å². The highest BCUT2D eigenvalue weighted by molar-refractivity contribution is 9.10. The van der Waals surface area contributed by atoms with Crippen LogP contribution in [0.4, 0.5) is 5.82 Å². The molecular weight excluding hydrogens is 334 g/mol. The lowest BCUT2D eigenvalue weighted by Gasteiger charge is -2.12. The van der Waals surface area contributed by atoms with E-state index in [0.717, 1.165) is 28.9 Å². The number of rotatable bonds is 5. The lowest BCUT2D eigenvalue weighted by Crippen LogP contribution is -2.16. The van der Waals surface area contributed by atoms with Crippen LogP contribution in [-0.2, 0) is 11.3 Å². The largest absolute Gasteiger partial charge is 0.472 e. The summed E-state index contributed by atoms with van der Waals surface area (Å²) in [7, 11) is 0. The molecule has 2 aromatic heterocycles. The van der Waals surface area contributed by atoms with Crippen molar-refractivity contribution < 1.29 is 9.47 Å². The Bertz CT molecular complexity index is 586. The average Bonchev–Trinajstić information content (AvgIpc) is 3.00. The Labute approximate surface area is 131 Å². The molecule has 0 aromatic carbocycles. The van der Waals surface area contributed by atoms with E-state index in [1.165, 1.54) is 0 Å². The van der Waals surface area contributed by atoms with Crippen LogP contribution in [0.5, 0.6) is 5.88 Å². The lowest BCUT2D eigenvalue weighted by atomic mass is 10.2. The summed E-state index contributed by atoms with van der Waals surface area (Å²) < 4.78 is 12.1. The van der Waals surface area contributed by atoms with Gasteiger partial charge in [-0.25, -0.2) is 9.97 Å². The molecule has 0 saturated carbocycles. The van der Waals surface area contributed by atoms with Crippen LogP contribution in [-0.4, -0.2) is 29.3 Å². The zero-order valence-electron chi connectivity index (χ0n) is 11.5. The van der Waals surface area contributed by atoms with Crippen LogP contribution in [0.2, 0.25) is 0 Å². The minimum absolute atomic E-state index is 0.119. The molecule has 0 spiro atoms. The molecule has 0 bridgehead atoms. The van der Waals surface area contributed by atoms with Gasteiger partial charge in [0, 0.05) is 35.9 Å². The molecule has 1 unspecified atom stereocenters. The van der Waals surface area contributed by atoms with Gasteiger partial charge in [0.25, 0.3) is 0 Å². The van der Waals surface area contributed by atoms with Crippen LogP contribution in [0.15, 0.2) is 41.1 Å². The molecule has 1 saturated heterocycles. The fourth-order valence-corrected chi connectivity index (χ4v) is 2.31. The first kappa shape index (κ1) is 14.3. The van der Waals surface area contributed by atoms with Crippen molar-refractivity contribution in [1.29, 1.82) is 0 Å². The van der Waals surface area contributed by atoms with Crippen LogP contribution in [0.1, 0.15) is 12.0 Å². The third-order valence-corrected chi connectivity index (χ3v) is 3.64. The third-order valence-electron chi connectivity index (χ3n) is 3.18. The van der Waals surface area contributed by atoms with E-state index in [-0.39, 0.29) is 6.10 Å². The van der Waals surface area contributed by atoms with Gasteiger partial charge >= 0.3 is 0 Å². The quantitative estimate of drug-likeness (QED) is 0.898. The molecule has 0 aliphatic carbocycles. The molecule has 1 fully saturated rings. The van der Waals surface area contributed by atoms with Crippen molar-refractivity contribution >= 4 is 21.7 Å². The Morgan fingerprint density at radius 1 is 1.33 bits per heavy atom. The van der Waals surface area contributed by atoms with Gasteiger partial charge in [-0.1, -0.05) is 0 Å². The van der Waals surface area contributed by atoms with Gasteiger partial charge in [-0.2, -0.15) is 0 Å². The van der Waals surface area contributed by atoms with Gasteiger partial charge in [0.1, 0.15) is 11.9 Å². The zero-order chi connectivity index (χ0) is 14.5. The highest BCUT2D eigenvalue weighted by atomic mass is 79.9. The second-order valence-corrected chi connectivity index (χ2v) is 5.74. The minimum Gasteiger partial charge on any atom is -0.472 e. The van der Waals surface area contributed by atoms with Crippen molar-refractivity contribution in [2.75, 3.05) is 18.5 Å². The first-order valence-corrected chi connectivity index (χ1v) is 7.64. The Morgan fingerprint density at radius 3 is 3.05 bits per heavy atom. The maximum absolute atomic E-state index is 5.80. The number of anilines is 1. The fourth-order valence-electron chi connectivity index (χ4n) is 2.07. The predicted octanol–water partition coefficient (Wildman–Crippen LogP) is 3.02. The summed E-state index contributed by atoms with van der Waals surface area (Å²) in [4.78, 5) is 8.52. The van der Waals surface area contributed by atoms with Crippen LogP contribution < -0.4 is 10.1 Å². The molecule has 21 heavy (non-hydrogen) atoms. The smallest absolute Gasteiger partial charge is 0.213 e. The Balaban J connectivity index is 1.58. The molecule has 3 rings (SSSR count). The maximum atomic E-state index is 5.80. The number of halogens is 1. The van der Waals surface area contributed by atoms with E-state index in [9.17, 15) is 0 Å². The summed E-state index contributed by atoms with van der Waals surface area (Å²) in [6.45, 7) is 2.09. The van der Waals surface area contributed by atoms with E-state index in [4.69, 9.17) is 9.47 Å². The fraction of sp³-hybridized carbons (Fsp3) is 0.333. The number of hydrogen-bond acceptors (Lipinski definition) is 5. The molecule has 1 N–H and O–H groups in total. The first-order valence-electron chi connectivity index (χ1n) is 6.84. The predicted molar refractivity (Wildman–Crippen MR) is 83.4 cm³/mol. The summed E-state index contributed by atoms with van der Waals surface area (Å²) in [6.07, 6.45) is 4.57. The van der Waals surface area contributed by atoms with Gasteiger partial charge in [0.05, 0.1) is 13.2 Å². The van der Waals surface area contributed by atoms with Gasteiger partial charge < -0.3 is 14.8 Å². The van der Waals surface area contributed by atoms with Crippen molar-refractivity contribution in [3.8, 4) is 5.88 Å². The number of nitrogens with zero attached hydrogens (tertiary/aromatic N) is 2. The van der Waals surface area contributed by atoms with E-state index in [2.05, 4.69) is 31.2 Å². The van der Waals surface area contributed by atoms with Gasteiger partial charge in [-0.15, -0.1) is 0 Å². The third kappa shape index (κ3) is 4.15. The molecule has 1 aliphatic heterocycles. The monoisotopic (exact) mass is 349 g/mol. The SMILES string of the molecule is Brc1ccc(NCc2ccnc(OC3CCOC3)c2)nc1. The second kappa shape index (κ2) is 6.87. The molecule has 3 heterocycles. The molecule has 0 amide bonds. The maximum Gasteiger partial charge on any atom is 0.213 e. The summed E-state index contributed by atoms with van der Waals surface area (Å²) in [5.74, 6) is 1.48. The van der Waals surface area contributed by atoms with E-state index in [1.54, 1.807) is 12.4 Å².